The Morgan fingerprint density at radius 1 is 1.56 bits per heavy atom. The van der Waals surface area contributed by atoms with Gasteiger partial charge in [-0.3, -0.25) is 0 Å². The molecule has 1 atom stereocenters. The molecule has 0 aliphatic carbocycles. The maximum absolute atomic E-state index is 8.99. The van der Waals surface area contributed by atoms with E-state index in [1.165, 1.54) is 0 Å². The van der Waals surface area contributed by atoms with E-state index in [2.05, 4.69) is 6.07 Å². The summed E-state index contributed by atoms with van der Waals surface area (Å²) in [6.07, 6.45) is -0.397. The first-order chi connectivity index (χ1) is 4.30. The van der Waals surface area contributed by atoms with E-state index in [-0.39, 0.29) is 0 Å². The van der Waals surface area contributed by atoms with Crippen molar-refractivity contribution >= 4 is 0 Å². The summed E-state index contributed by atoms with van der Waals surface area (Å²) in [5, 5.41) is 8.99. The number of aliphatic hydroxyl groups excluding tert-OH is 1. The summed E-state index contributed by atoms with van der Waals surface area (Å²) in [5.41, 5.74) is 0.845. The Balaban J connectivity index is 2.85. The van der Waals surface area contributed by atoms with Gasteiger partial charge in [-0.25, -0.2) is 0 Å². The molecule has 0 fully saturated rings. The molecule has 1 aromatic rings. The van der Waals surface area contributed by atoms with Crippen LogP contribution in [0.3, 0.4) is 0 Å². The molecule has 1 radical (unpaired) electrons. The highest BCUT2D eigenvalue weighted by atomic mass is 16.3. The quantitative estimate of drug-likeness (QED) is 0.597. The fourth-order valence-corrected chi connectivity index (χ4v) is 0.667. The van der Waals surface area contributed by atoms with Gasteiger partial charge in [0.05, 0.1) is 6.10 Å². The van der Waals surface area contributed by atoms with Crippen molar-refractivity contribution in [3.63, 3.8) is 0 Å². The van der Waals surface area contributed by atoms with Crippen LogP contribution in [0.5, 0.6) is 0 Å². The second kappa shape index (κ2) is 2.65. The summed E-state index contributed by atoms with van der Waals surface area (Å²) in [6.45, 7) is 1.73. The molecule has 1 unspecified atom stereocenters. The number of rotatable bonds is 1. The predicted octanol–water partition coefficient (Wildman–Crippen LogP) is 1.54. The molecule has 0 saturated carbocycles. The highest BCUT2D eigenvalue weighted by Crippen LogP contribution is 2.08. The lowest BCUT2D eigenvalue weighted by Crippen LogP contribution is -1.88. The molecule has 0 heterocycles. The fourth-order valence-electron chi connectivity index (χ4n) is 0.667. The van der Waals surface area contributed by atoms with Crippen LogP contribution < -0.4 is 0 Å². The summed E-state index contributed by atoms with van der Waals surface area (Å²) < 4.78 is 0. The second-order valence-electron chi connectivity index (χ2n) is 1.99. The number of hydrogen-bond donors (Lipinski definition) is 1. The van der Waals surface area contributed by atoms with Gasteiger partial charge < -0.3 is 5.11 Å². The molecule has 0 aromatic heterocycles. The lowest BCUT2D eigenvalue weighted by Gasteiger charge is -2.00. The third-order valence-corrected chi connectivity index (χ3v) is 1.18. The average Bonchev–Trinajstić information content (AvgIpc) is 1.90. The van der Waals surface area contributed by atoms with Crippen molar-refractivity contribution in [1.29, 1.82) is 0 Å². The average molecular weight is 121 g/mol. The van der Waals surface area contributed by atoms with E-state index in [9.17, 15) is 0 Å². The Morgan fingerprint density at radius 3 is 2.67 bits per heavy atom. The highest BCUT2D eigenvalue weighted by molar-refractivity contribution is 5.14. The first-order valence-corrected chi connectivity index (χ1v) is 2.95. The fraction of sp³-hybridized carbons (Fsp3) is 0.250. The summed E-state index contributed by atoms with van der Waals surface area (Å²) in [5.74, 6) is 0. The monoisotopic (exact) mass is 121 g/mol. The van der Waals surface area contributed by atoms with Crippen LogP contribution in [0.4, 0.5) is 0 Å². The highest BCUT2D eigenvalue weighted by Gasteiger charge is 1.95. The van der Waals surface area contributed by atoms with E-state index in [0.29, 0.717) is 0 Å². The zero-order chi connectivity index (χ0) is 6.69. The molecule has 47 valence electrons. The van der Waals surface area contributed by atoms with Gasteiger partial charge in [0.1, 0.15) is 0 Å². The normalized spacial score (nSPS) is 13.1. The van der Waals surface area contributed by atoms with Gasteiger partial charge in [0.2, 0.25) is 0 Å². The Bertz CT molecular complexity index is 167. The van der Waals surface area contributed by atoms with Gasteiger partial charge in [-0.2, -0.15) is 0 Å². The van der Waals surface area contributed by atoms with Gasteiger partial charge in [0, 0.05) is 0 Å². The molecule has 0 bridgehead atoms. The molecule has 0 saturated heterocycles. The molecule has 1 heteroatoms. The molecule has 1 aromatic carbocycles. The van der Waals surface area contributed by atoms with Gasteiger partial charge in [-0.1, -0.05) is 24.3 Å². The number of hydrogen-bond acceptors (Lipinski definition) is 1. The van der Waals surface area contributed by atoms with Crippen LogP contribution >= 0.6 is 0 Å². The maximum atomic E-state index is 8.99. The summed E-state index contributed by atoms with van der Waals surface area (Å²) >= 11 is 0. The van der Waals surface area contributed by atoms with Crippen LogP contribution in [0.1, 0.15) is 18.6 Å². The number of aliphatic hydroxyl groups is 1. The van der Waals surface area contributed by atoms with Gasteiger partial charge >= 0.3 is 0 Å². The minimum absolute atomic E-state index is 0.397. The molecule has 1 N–H and O–H groups in total. The molecule has 1 nitrogen and oxygen atoms in total. The third kappa shape index (κ3) is 1.54. The Hall–Kier alpha value is -0.820. The first kappa shape index (κ1) is 6.30. The molecule has 1 rings (SSSR count). The Labute approximate surface area is 55.0 Å². The predicted molar refractivity (Wildman–Crippen MR) is 35.9 cm³/mol. The Kier molecular flexibility index (Phi) is 1.85. The van der Waals surface area contributed by atoms with E-state index in [1.54, 1.807) is 13.0 Å². The molecule has 0 amide bonds. The van der Waals surface area contributed by atoms with Crippen LogP contribution in [0.25, 0.3) is 0 Å². The lowest BCUT2D eigenvalue weighted by molar-refractivity contribution is 0.199. The zero-order valence-electron chi connectivity index (χ0n) is 5.33. The molecular formula is C8H9O. The first-order valence-electron chi connectivity index (χ1n) is 2.95. The van der Waals surface area contributed by atoms with Crippen molar-refractivity contribution in [2.45, 2.75) is 13.0 Å². The van der Waals surface area contributed by atoms with Crippen molar-refractivity contribution in [3.8, 4) is 0 Å². The topological polar surface area (TPSA) is 20.2 Å². The second-order valence-corrected chi connectivity index (χ2v) is 1.99. The lowest BCUT2D eigenvalue weighted by atomic mass is 10.1. The smallest absolute Gasteiger partial charge is 0.0767 e. The minimum Gasteiger partial charge on any atom is -0.389 e. The number of benzene rings is 1. The summed E-state index contributed by atoms with van der Waals surface area (Å²) in [6, 6.07) is 10.3. The molecule has 0 aliphatic rings. The zero-order valence-corrected chi connectivity index (χ0v) is 5.33. The Morgan fingerprint density at radius 2 is 2.33 bits per heavy atom. The van der Waals surface area contributed by atoms with E-state index in [0.717, 1.165) is 5.56 Å². The molecular weight excluding hydrogens is 112 g/mol. The van der Waals surface area contributed by atoms with Crippen LogP contribution in [-0.4, -0.2) is 5.11 Å². The van der Waals surface area contributed by atoms with E-state index in [1.807, 2.05) is 18.2 Å². The van der Waals surface area contributed by atoms with Crippen LogP contribution in [-0.2, 0) is 0 Å². The largest absolute Gasteiger partial charge is 0.389 e. The van der Waals surface area contributed by atoms with E-state index >= 15 is 0 Å². The third-order valence-electron chi connectivity index (χ3n) is 1.18. The molecule has 9 heavy (non-hydrogen) atoms. The molecule has 0 spiro atoms. The van der Waals surface area contributed by atoms with Crippen molar-refractivity contribution in [2.75, 3.05) is 0 Å². The van der Waals surface area contributed by atoms with Crippen molar-refractivity contribution in [2.24, 2.45) is 0 Å². The molecule has 0 aliphatic heterocycles. The van der Waals surface area contributed by atoms with Crippen LogP contribution in [0.2, 0.25) is 0 Å². The minimum atomic E-state index is -0.397. The van der Waals surface area contributed by atoms with Gasteiger partial charge in [0.25, 0.3) is 0 Å². The van der Waals surface area contributed by atoms with E-state index in [4.69, 9.17) is 5.11 Å². The SMILES string of the molecule is CC(O)c1[c]cccc1. The van der Waals surface area contributed by atoms with Crippen molar-refractivity contribution in [3.05, 3.63) is 35.9 Å². The van der Waals surface area contributed by atoms with E-state index < -0.39 is 6.10 Å². The van der Waals surface area contributed by atoms with Gasteiger partial charge in [0.15, 0.2) is 0 Å². The summed E-state index contributed by atoms with van der Waals surface area (Å²) in [7, 11) is 0. The maximum Gasteiger partial charge on any atom is 0.0767 e. The van der Waals surface area contributed by atoms with Gasteiger partial charge in [-0.15, -0.1) is 0 Å². The van der Waals surface area contributed by atoms with Crippen molar-refractivity contribution in [1.82, 2.24) is 0 Å². The standard InChI is InChI=1S/C8H9O/c1-7(9)8-5-3-2-4-6-8/h2-5,7,9H,1H3. The van der Waals surface area contributed by atoms with Crippen LogP contribution in [0, 0.1) is 6.07 Å². The van der Waals surface area contributed by atoms with Gasteiger partial charge in [-0.05, 0) is 18.6 Å². The van der Waals surface area contributed by atoms with Crippen LogP contribution in [0.15, 0.2) is 24.3 Å². The summed E-state index contributed by atoms with van der Waals surface area (Å²) in [4.78, 5) is 0. The van der Waals surface area contributed by atoms with Crippen molar-refractivity contribution < 1.29 is 5.11 Å².